The lowest BCUT2D eigenvalue weighted by atomic mass is 10.1. The first-order valence-electron chi connectivity index (χ1n) is 6.02. The molecule has 0 atom stereocenters. The quantitative estimate of drug-likeness (QED) is 0.678. The van der Waals surface area contributed by atoms with E-state index in [1.165, 1.54) is 0 Å². The van der Waals surface area contributed by atoms with Crippen LogP contribution in [0.15, 0.2) is 47.8 Å². The molecule has 0 saturated carbocycles. The highest BCUT2D eigenvalue weighted by molar-refractivity contribution is 7.10. The summed E-state index contributed by atoms with van der Waals surface area (Å²) in [6.45, 7) is 0.693. The maximum absolute atomic E-state index is 9.85. The number of nitrogen functional groups attached to an aromatic ring is 1. The van der Waals surface area contributed by atoms with E-state index in [0.717, 1.165) is 27.0 Å². The first kappa shape index (κ1) is 11.9. The zero-order valence-electron chi connectivity index (χ0n) is 10.3. The Labute approximate surface area is 115 Å². The Morgan fingerprint density at radius 2 is 1.84 bits per heavy atom. The Morgan fingerprint density at radius 1 is 1.05 bits per heavy atom. The molecule has 4 heteroatoms. The van der Waals surface area contributed by atoms with Crippen molar-refractivity contribution in [3.63, 3.8) is 0 Å². The summed E-state index contributed by atoms with van der Waals surface area (Å²) in [5.41, 5.74) is 7.69. The molecule has 0 aliphatic carbocycles. The number of hydrogen-bond donors (Lipinski definition) is 3. The highest BCUT2D eigenvalue weighted by atomic mass is 32.1. The maximum Gasteiger partial charge on any atom is 0.123 e. The molecule has 3 rings (SSSR count). The Morgan fingerprint density at radius 3 is 2.63 bits per heavy atom. The van der Waals surface area contributed by atoms with Gasteiger partial charge in [0, 0.05) is 27.0 Å². The molecule has 96 valence electrons. The van der Waals surface area contributed by atoms with Crippen molar-refractivity contribution in [1.29, 1.82) is 0 Å². The minimum Gasteiger partial charge on any atom is -0.507 e. The lowest BCUT2D eigenvalue weighted by Crippen LogP contribution is -2.00. The van der Waals surface area contributed by atoms with E-state index in [1.807, 2.05) is 41.8 Å². The fourth-order valence-electron chi connectivity index (χ4n) is 2.12. The van der Waals surface area contributed by atoms with Gasteiger partial charge in [-0.25, -0.2) is 0 Å². The molecule has 0 fully saturated rings. The molecule has 2 aromatic carbocycles. The van der Waals surface area contributed by atoms with Crippen LogP contribution in [0.25, 0.3) is 10.8 Å². The van der Waals surface area contributed by atoms with Crippen LogP contribution in [0.5, 0.6) is 5.75 Å². The summed E-state index contributed by atoms with van der Waals surface area (Å²) in [6, 6.07) is 13.3. The van der Waals surface area contributed by atoms with E-state index in [9.17, 15) is 5.11 Å². The molecule has 0 unspecified atom stereocenters. The molecule has 19 heavy (non-hydrogen) atoms. The number of nitrogens with two attached hydrogens (primary N) is 1. The van der Waals surface area contributed by atoms with Crippen molar-refractivity contribution in [2.45, 2.75) is 6.54 Å². The Hall–Kier alpha value is -2.20. The van der Waals surface area contributed by atoms with Crippen LogP contribution in [0.1, 0.15) is 4.88 Å². The zero-order valence-corrected chi connectivity index (χ0v) is 11.1. The second kappa shape index (κ2) is 4.82. The summed E-state index contributed by atoms with van der Waals surface area (Å²) < 4.78 is 0. The number of thiophene rings is 1. The third-order valence-electron chi connectivity index (χ3n) is 3.12. The van der Waals surface area contributed by atoms with E-state index < -0.39 is 0 Å². The molecule has 0 amide bonds. The third kappa shape index (κ3) is 2.22. The van der Waals surface area contributed by atoms with Crippen LogP contribution in [0.4, 0.5) is 11.4 Å². The maximum atomic E-state index is 9.85. The largest absolute Gasteiger partial charge is 0.507 e. The third-order valence-corrected chi connectivity index (χ3v) is 4.06. The lowest BCUT2D eigenvalue weighted by molar-refractivity contribution is 0.481. The van der Waals surface area contributed by atoms with E-state index in [2.05, 4.69) is 5.32 Å². The SMILES string of the molecule is Nc1ccsc1CNc1cccc2c(O)cccc12. The van der Waals surface area contributed by atoms with Gasteiger partial charge in [-0.3, -0.25) is 0 Å². The number of aromatic hydroxyl groups is 1. The average Bonchev–Trinajstić information content (AvgIpc) is 2.82. The summed E-state index contributed by atoms with van der Waals surface area (Å²) in [5.74, 6) is 0.303. The highest BCUT2D eigenvalue weighted by Crippen LogP contribution is 2.30. The Kier molecular flexibility index (Phi) is 3.01. The van der Waals surface area contributed by atoms with E-state index in [1.54, 1.807) is 17.4 Å². The van der Waals surface area contributed by atoms with E-state index in [0.29, 0.717) is 12.3 Å². The number of phenolic OH excluding ortho intramolecular Hbond substituents is 1. The van der Waals surface area contributed by atoms with E-state index >= 15 is 0 Å². The monoisotopic (exact) mass is 270 g/mol. The van der Waals surface area contributed by atoms with Gasteiger partial charge in [0.25, 0.3) is 0 Å². The van der Waals surface area contributed by atoms with Gasteiger partial charge in [0.05, 0.1) is 6.54 Å². The van der Waals surface area contributed by atoms with Gasteiger partial charge < -0.3 is 16.2 Å². The number of benzene rings is 2. The van der Waals surface area contributed by atoms with Gasteiger partial charge in [-0.05, 0) is 23.6 Å². The predicted molar refractivity (Wildman–Crippen MR) is 81.7 cm³/mol. The molecule has 0 aliphatic rings. The van der Waals surface area contributed by atoms with Crippen molar-refractivity contribution >= 4 is 33.5 Å². The number of rotatable bonds is 3. The first-order valence-corrected chi connectivity index (χ1v) is 6.90. The van der Waals surface area contributed by atoms with Gasteiger partial charge in [-0.15, -0.1) is 11.3 Å². The van der Waals surface area contributed by atoms with Crippen molar-refractivity contribution in [2.24, 2.45) is 0 Å². The van der Waals surface area contributed by atoms with Crippen molar-refractivity contribution < 1.29 is 5.11 Å². The fraction of sp³-hybridized carbons (Fsp3) is 0.0667. The van der Waals surface area contributed by atoms with Crippen molar-refractivity contribution in [2.75, 3.05) is 11.1 Å². The summed E-state index contributed by atoms with van der Waals surface area (Å²) in [7, 11) is 0. The summed E-state index contributed by atoms with van der Waals surface area (Å²) in [5, 5.41) is 17.1. The van der Waals surface area contributed by atoms with Crippen molar-refractivity contribution in [3.05, 3.63) is 52.7 Å². The minimum atomic E-state index is 0.303. The van der Waals surface area contributed by atoms with Crippen LogP contribution < -0.4 is 11.1 Å². The van der Waals surface area contributed by atoms with E-state index in [4.69, 9.17) is 5.73 Å². The van der Waals surface area contributed by atoms with Crippen molar-refractivity contribution in [3.8, 4) is 5.75 Å². The van der Waals surface area contributed by atoms with Crippen LogP contribution >= 0.6 is 11.3 Å². The van der Waals surface area contributed by atoms with Gasteiger partial charge in [0.2, 0.25) is 0 Å². The molecule has 3 nitrogen and oxygen atoms in total. The molecule has 0 spiro atoms. The van der Waals surface area contributed by atoms with Crippen LogP contribution in [0.3, 0.4) is 0 Å². The second-order valence-corrected chi connectivity index (χ2v) is 5.33. The molecular formula is C15H14N2OS. The van der Waals surface area contributed by atoms with Gasteiger partial charge in [0.1, 0.15) is 5.75 Å². The van der Waals surface area contributed by atoms with Gasteiger partial charge in [-0.1, -0.05) is 24.3 Å². The highest BCUT2D eigenvalue weighted by Gasteiger charge is 2.05. The fourth-order valence-corrected chi connectivity index (χ4v) is 2.86. The summed E-state index contributed by atoms with van der Waals surface area (Å²) >= 11 is 1.64. The predicted octanol–water partition coefficient (Wildman–Crippen LogP) is 3.80. The Balaban J connectivity index is 1.93. The first-order chi connectivity index (χ1) is 9.25. The number of anilines is 2. The zero-order chi connectivity index (χ0) is 13.2. The van der Waals surface area contributed by atoms with Crippen LogP contribution in [-0.2, 0) is 6.54 Å². The molecule has 3 aromatic rings. The van der Waals surface area contributed by atoms with Gasteiger partial charge in [-0.2, -0.15) is 0 Å². The Bertz CT molecular complexity index is 721. The second-order valence-electron chi connectivity index (χ2n) is 4.33. The number of fused-ring (bicyclic) bond motifs is 1. The molecule has 1 heterocycles. The van der Waals surface area contributed by atoms with E-state index in [-0.39, 0.29) is 0 Å². The molecule has 0 bridgehead atoms. The summed E-state index contributed by atoms with van der Waals surface area (Å²) in [6.07, 6.45) is 0. The molecular weight excluding hydrogens is 256 g/mol. The molecule has 0 saturated heterocycles. The minimum absolute atomic E-state index is 0.303. The van der Waals surface area contributed by atoms with Crippen molar-refractivity contribution in [1.82, 2.24) is 0 Å². The smallest absolute Gasteiger partial charge is 0.123 e. The van der Waals surface area contributed by atoms with Gasteiger partial charge >= 0.3 is 0 Å². The van der Waals surface area contributed by atoms with Crippen LogP contribution in [0, 0.1) is 0 Å². The lowest BCUT2D eigenvalue weighted by Gasteiger charge is -2.10. The molecule has 4 N–H and O–H groups in total. The number of hydrogen-bond acceptors (Lipinski definition) is 4. The normalized spacial score (nSPS) is 10.7. The van der Waals surface area contributed by atoms with Gasteiger partial charge in [0.15, 0.2) is 0 Å². The summed E-state index contributed by atoms with van der Waals surface area (Å²) in [4.78, 5) is 1.12. The van der Waals surface area contributed by atoms with Crippen LogP contribution in [-0.4, -0.2) is 5.11 Å². The molecule has 0 aliphatic heterocycles. The standard InChI is InChI=1S/C15H14N2OS/c16-12-7-8-19-15(12)9-17-13-5-1-4-11-10(13)3-2-6-14(11)18/h1-8,17-18H,9,16H2. The topological polar surface area (TPSA) is 58.3 Å². The average molecular weight is 270 g/mol. The van der Waals surface area contributed by atoms with Crippen LogP contribution in [0.2, 0.25) is 0 Å². The molecule has 0 radical (unpaired) electrons. The number of phenols is 1. The molecule has 1 aromatic heterocycles. The number of nitrogens with one attached hydrogen (secondary N) is 1.